The topological polar surface area (TPSA) is 42.7 Å². The van der Waals surface area contributed by atoms with Crippen LogP contribution in [0.15, 0.2) is 60.9 Å². The number of hydrogen-bond donors (Lipinski definition) is 0. The fourth-order valence-corrected chi connectivity index (χ4v) is 6.57. The number of rotatable bonds is 16. The molecule has 2 aromatic carbocycles. The fraction of sp³-hybridized carbons (Fsp3) is 0.512. The van der Waals surface area contributed by atoms with Crippen molar-refractivity contribution in [2.75, 3.05) is 19.0 Å². The van der Waals surface area contributed by atoms with Crippen LogP contribution in [-0.2, 0) is 17.8 Å². The van der Waals surface area contributed by atoms with Gasteiger partial charge >= 0.3 is 5.97 Å². The second kappa shape index (κ2) is 16.8. The van der Waals surface area contributed by atoms with Crippen LogP contribution in [0.3, 0.4) is 0 Å². The summed E-state index contributed by atoms with van der Waals surface area (Å²) >= 11 is 0. The Kier molecular flexibility index (Phi) is 12.9. The average Bonchev–Trinajstić information content (AvgIpc) is 3.01. The predicted octanol–water partition coefficient (Wildman–Crippen LogP) is 9.62. The fourth-order valence-electron chi connectivity index (χ4n) is 6.57. The normalized spacial score (nSPS) is 17.3. The Morgan fingerprint density at radius 1 is 0.957 bits per heavy atom. The number of carbonyl (C=O) groups is 1. The molecule has 1 aliphatic heterocycles. The highest BCUT2D eigenvalue weighted by atomic mass is 16.5. The van der Waals surface area contributed by atoms with Crippen molar-refractivity contribution in [3.63, 3.8) is 0 Å². The molecule has 0 N–H and O–H groups in total. The smallest absolute Gasteiger partial charge is 0.378 e. The molecule has 0 fully saturated rings. The minimum atomic E-state index is -0.288. The van der Waals surface area contributed by atoms with Gasteiger partial charge in [0.05, 0.1) is 0 Å². The molecule has 0 radical (unpaired) electrons. The first-order valence-corrected chi connectivity index (χ1v) is 17.5. The van der Waals surface area contributed by atoms with E-state index in [9.17, 15) is 4.79 Å². The van der Waals surface area contributed by atoms with Crippen LogP contribution in [0.2, 0.25) is 0 Å². The minimum Gasteiger partial charge on any atom is -0.487 e. The number of anilines is 1. The van der Waals surface area contributed by atoms with E-state index < -0.39 is 0 Å². The van der Waals surface area contributed by atoms with Crippen LogP contribution in [0.25, 0.3) is 12.2 Å². The summed E-state index contributed by atoms with van der Waals surface area (Å²) in [5.74, 6) is 2.91. The zero-order chi connectivity index (χ0) is 33.1. The third kappa shape index (κ3) is 10.7. The summed E-state index contributed by atoms with van der Waals surface area (Å²) in [6.07, 6.45) is 20.2. The number of aryl methyl sites for hydroxylation is 2. The van der Waals surface area contributed by atoms with Gasteiger partial charge in [0.1, 0.15) is 17.1 Å². The molecular weight excluding hydrogens is 568 g/mol. The van der Waals surface area contributed by atoms with Crippen molar-refractivity contribution >= 4 is 23.8 Å². The molecule has 4 rings (SSSR count). The lowest BCUT2D eigenvalue weighted by Gasteiger charge is -2.37. The first-order chi connectivity index (χ1) is 22.0. The lowest BCUT2D eigenvalue weighted by molar-refractivity contribution is -0.685. The van der Waals surface area contributed by atoms with Crippen molar-refractivity contribution in [2.45, 2.75) is 111 Å². The summed E-state index contributed by atoms with van der Waals surface area (Å²) in [5.41, 5.74) is 5.41. The molecule has 3 atom stereocenters. The zero-order valence-electron chi connectivity index (χ0n) is 29.5. The third-order valence-corrected chi connectivity index (χ3v) is 9.51. The van der Waals surface area contributed by atoms with Crippen LogP contribution in [0.1, 0.15) is 108 Å². The van der Waals surface area contributed by atoms with Gasteiger partial charge in [-0.05, 0) is 97.9 Å². The first kappa shape index (κ1) is 35.3. The van der Waals surface area contributed by atoms with E-state index >= 15 is 0 Å². The SMILES string of the molecule is CCCC(C)CCCC(C)CCCC1(C)CCc2cc(OC(=O)C[n+]3ccc(/C=C/c4ccc(N(C)C)cc4)cc3)cc(C)c2O1. The van der Waals surface area contributed by atoms with Crippen molar-refractivity contribution in [3.05, 3.63) is 83.2 Å². The molecule has 0 spiro atoms. The number of nitrogens with zero attached hydrogens (tertiary/aromatic N) is 2. The van der Waals surface area contributed by atoms with E-state index in [4.69, 9.17) is 9.47 Å². The summed E-state index contributed by atoms with van der Waals surface area (Å²) in [6, 6.07) is 16.4. The summed E-state index contributed by atoms with van der Waals surface area (Å²) in [5, 5.41) is 0. The molecule has 0 aliphatic carbocycles. The lowest BCUT2D eigenvalue weighted by Crippen LogP contribution is -2.39. The number of pyridine rings is 1. The van der Waals surface area contributed by atoms with Crippen molar-refractivity contribution in [3.8, 4) is 11.5 Å². The van der Waals surface area contributed by atoms with Crippen molar-refractivity contribution in [1.29, 1.82) is 0 Å². The number of esters is 1. The number of carbonyl (C=O) groups excluding carboxylic acids is 1. The summed E-state index contributed by atoms with van der Waals surface area (Å²) in [4.78, 5) is 14.9. The Bertz CT molecular complexity index is 1430. The lowest BCUT2D eigenvalue weighted by atomic mass is 9.85. The highest BCUT2D eigenvalue weighted by Gasteiger charge is 2.32. The Morgan fingerprint density at radius 3 is 2.24 bits per heavy atom. The Hall–Kier alpha value is -3.60. The molecule has 248 valence electrons. The highest BCUT2D eigenvalue weighted by molar-refractivity contribution is 5.72. The molecule has 0 bridgehead atoms. The summed E-state index contributed by atoms with van der Waals surface area (Å²) in [7, 11) is 4.08. The van der Waals surface area contributed by atoms with Crippen LogP contribution >= 0.6 is 0 Å². The molecule has 46 heavy (non-hydrogen) atoms. The summed E-state index contributed by atoms with van der Waals surface area (Å²) in [6.45, 7) is 11.6. The van der Waals surface area contributed by atoms with Crippen LogP contribution in [0, 0.1) is 18.8 Å². The van der Waals surface area contributed by atoms with E-state index in [1.54, 1.807) is 0 Å². The van der Waals surface area contributed by atoms with E-state index in [-0.39, 0.29) is 18.1 Å². The molecular formula is C41H57N2O3+. The van der Waals surface area contributed by atoms with Gasteiger partial charge in [-0.1, -0.05) is 83.6 Å². The molecule has 1 aliphatic rings. The highest BCUT2D eigenvalue weighted by Crippen LogP contribution is 2.40. The van der Waals surface area contributed by atoms with E-state index in [0.717, 1.165) is 59.1 Å². The number of fused-ring (bicyclic) bond motifs is 1. The van der Waals surface area contributed by atoms with Gasteiger partial charge in [-0.3, -0.25) is 0 Å². The van der Waals surface area contributed by atoms with Gasteiger partial charge < -0.3 is 14.4 Å². The molecule has 1 aromatic heterocycles. The van der Waals surface area contributed by atoms with Crippen LogP contribution in [0.4, 0.5) is 5.69 Å². The Morgan fingerprint density at radius 2 is 1.59 bits per heavy atom. The largest absolute Gasteiger partial charge is 0.487 e. The van der Waals surface area contributed by atoms with E-state index in [0.29, 0.717) is 5.75 Å². The van der Waals surface area contributed by atoms with Crippen molar-refractivity contribution in [1.82, 2.24) is 0 Å². The first-order valence-electron chi connectivity index (χ1n) is 17.5. The molecule has 5 nitrogen and oxygen atoms in total. The standard InChI is InChI=1S/C41H57N2O3/c1-8-11-31(2)12-9-13-32(3)14-10-24-41(5)25-21-36-29-38(28-33(4)40(36)46-41)45-39(44)30-43-26-22-35(23-27-43)16-15-34-17-19-37(20-18-34)42(6)7/h15-20,22-23,26-29,31-32H,8-14,21,24-25,30H2,1-7H3/q+1. The van der Waals surface area contributed by atoms with Gasteiger partial charge in [0.15, 0.2) is 12.4 Å². The molecule has 0 amide bonds. The molecule has 0 saturated carbocycles. The number of hydrogen-bond acceptors (Lipinski definition) is 4. The predicted molar refractivity (Wildman–Crippen MR) is 191 cm³/mol. The second-order valence-electron chi connectivity index (χ2n) is 14.2. The maximum Gasteiger partial charge on any atom is 0.378 e. The maximum atomic E-state index is 12.8. The molecule has 2 heterocycles. The monoisotopic (exact) mass is 625 g/mol. The minimum absolute atomic E-state index is 0.139. The van der Waals surface area contributed by atoms with E-state index in [1.807, 2.05) is 55.3 Å². The van der Waals surface area contributed by atoms with Gasteiger partial charge in [-0.2, -0.15) is 4.57 Å². The van der Waals surface area contributed by atoms with E-state index in [2.05, 4.69) is 75.9 Å². The second-order valence-corrected chi connectivity index (χ2v) is 14.2. The van der Waals surface area contributed by atoms with Crippen molar-refractivity contribution < 1.29 is 18.8 Å². The Labute approximate surface area is 278 Å². The van der Waals surface area contributed by atoms with Crippen LogP contribution in [0.5, 0.6) is 11.5 Å². The average molecular weight is 626 g/mol. The van der Waals surface area contributed by atoms with Gasteiger partial charge in [-0.25, -0.2) is 4.79 Å². The zero-order valence-corrected chi connectivity index (χ0v) is 29.5. The van der Waals surface area contributed by atoms with Crippen LogP contribution < -0.4 is 18.9 Å². The quantitative estimate of drug-likeness (QED) is 0.0903. The number of aromatic nitrogens is 1. The van der Waals surface area contributed by atoms with Crippen LogP contribution in [-0.4, -0.2) is 25.7 Å². The number of benzene rings is 2. The Balaban J connectivity index is 1.24. The summed E-state index contributed by atoms with van der Waals surface area (Å²) < 4.78 is 14.3. The molecule has 3 aromatic rings. The molecule has 5 heteroatoms. The number of ether oxygens (including phenoxy) is 2. The van der Waals surface area contributed by atoms with E-state index in [1.165, 1.54) is 50.6 Å². The van der Waals surface area contributed by atoms with Gasteiger partial charge in [0.25, 0.3) is 0 Å². The van der Waals surface area contributed by atoms with Gasteiger partial charge in [0, 0.05) is 31.9 Å². The van der Waals surface area contributed by atoms with Crippen molar-refractivity contribution in [2.24, 2.45) is 11.8 Å². The third-order valence-electron chi connectivity index (χ3n) is 9.51. The maximum absolute atomic E-state index is 12.8. The van der Waals surface area contributed by atoms with Gasteiger partial charge in [-0.15, -0.1) is 0 Å². The van der Waals surface area contributed by atoms with Gasteiger partial charge in [0.2, 0.25) is 6.54 Å². The molecule has 3 unspecified atom stereocenters. The molecule has 0 saturated heterocycles.